The standard InChI is InChI=1S/C18H25N3O2S/c1-4-5-6-9-13(2)19-18(22)15-10-7-8-11-16(15)24-12-17-20-14(3)21-23-17/h7-8,10-11,13H,4-6,9,12H2,1-3H3,(H,19,22). The van der Waals surface area contributed by atoms with E-state index in [-0.39, 0.29) is 11.9 Å². The lowest BCUT2D eigenvalue weighted by Gasteiger charge is -2.15. The van der Waals surface area contributed by atoms with Crippen LogP contribution in [0.15, 0.2) is 33.7 Å². The Morgan fingerprint density at radius 3 is 2.83 bits per heavy atom. The summed E-state index contributed by atoms with van der Waals surface area (Å²) in [6.07, 6.45) is 4.55. The minimum Gasteiger partial charge on any atom is -0.350 e. The van der Waals surface area contributed by atoms with Crippen molar-refractivity contribution in [1.82, 2.24) is 15.5 Å². The predicted molar refractivity (Wildman–Crippen MR) is 96.1 cm³/mol. The van der Waals surface area contributed by atoms with Gasteiger partial charge in [-0.25, -0.2) is 0 Å². The summed E-state index contributed by atoms with van der Waals surface area (Å²) in [7, 11) is 0. The zero-order valence-corrected chi connectivity index (χ0v) is 15.4. The Bertz CT molecular complexity index is 657. The fourth-order valence-electron chi connectivity index (χ4n) is 2.39. The summed E-state index contributed by atoms with van der Waals surface area (Å²) in [6.45, 7) is 6.03. The van der Waals surface area contributed by atoms with Crippen molar-refractivity contribution in [2.45, 2.75) is 63.1 Å². The highest BCUT2D eigenvalue weighted by Crippen LogP contribution is 2.26. The van der Waals surface area contributed by atoms with Crippen LogP contribution in [-0.4, -0.2) is 22.1 Å². The first-order valence-corrected chi connectivity index (χ1v) is 9.40. The summed E-state index contributed by atoms with van der Waals surface area (Å²) in [6, 6.07) is 7.81. The first-order valence-electron chi connectivity index (χ1n) is 8.42. The van der Waals surface area contributed by atoms with E-state index >= 15 is 0 Å². The van der Waals surface area contributed by atoms with Crippen molar-refractivity contribution in [2.24, 2.45) is 0 Å². The molecule has 130 valence electrons. The number of carbonyl (C=O) groups is 1. The van der Waals surface area contributed by atoms with Gasteiger partial charge in [0, 0.05) is 10.9 Å². The fourth-order valence-corrected chi connectivity index (χ4v) is 3.28. The van der Waals surface area contributed by atoms with Gasteiger partial charge in [0.15, 0.2) is 5.82 Å². The number of nitrogens with zero attached hydrogens (tertiary/aromatic N) is 2. The molecule has 0 aliphatic heterocycles. The van der Waals surface area contributed by atoms with E-state index in [9.17, 15) is 4.79 Å². The number of amides is 1. The maximum Gasteiger partial charge on any atom is 0.252 e. The zero-order valence-electron chi connectivity index (χ0n) is 14.5. The third-order valence-electron chi connectivity index (χ3n) is 3.67. The molecule has 0 fully saturated rings. The van der Waals surface area contributed by atoms with Crippen LogP contribution in [0.1, 0.15) is 61.6 Å². The van der Waals surface area contributed by atoms with E-state index in [2.05, 4.69) is 29.3 Å². The molecule has 0 aliphatic carbocycles. The van der Waals surface area contributed by atoms with E-state index in [0.717, 1.165) is 17.7 Å². The van der Waals surface area contributed by atoms with Crippen LogP contribution in [0.2, 0.25) is 0 Å². The molecule has 5 nitrogen and oxygen atoms in total. The molecule has 1 aromatic heterocycles. The van der Waals surface area contributed by atoms with E-state index < -0.39 is 0 Å². The van der Waals surface area contributed by atoms with Gasteiger partial charge in [0.25, 0.3) is 5.91 Å². The molecule has 6 heteroatoms. The second-order valence-corrected chi connectivity index (χ2v) is 6.91. The lowest BCUT2D eigenvalue weighted by Crippen LogP contribution is -2.32. The molecular formula is C18H25N3O2S. The zero-order chi connectivity index (χ0) is 17.4. The van der Waals surface area contributed by atoms with E-state index in [1.807, 2.05) is 24.3 Å². The molecule has 0 saturated heterocycles. The summed E-state index contributed by atoms with van der Waals surface area (Å²) in [5, 5.41) is 6.88. The van der Waals surface area contributed by atoms with Crippen molar-refractivity contribution in [1.29, 1.82) is 0 Å². The Hall–Kier alpha value is -1.82. The molecule has 2 rings (SSSR count). The van der Waals surface area contributed by atoms with E-state index in [4.69, 9.17) is 4.52 Å². The molecule has 1 unspecified atom stereocenters. The Kier molecular flexibility index (Phi) is 7.31. The van der Waals surface area contributed by atoms with Gasteiger partial charge in [-0.05, 0) is 32.4 Å². The van der Waals surface area contributed by atoms with Crippen molar-refractivity contribution in [3.05, 3.63) is 41.5 Å². The molecule has 1 atom stereocenters. The largest absolute Gasteiger partial charge is 0.350 e. The third-order valence-corrected chi connectivity index (χ3v) is 4.73. The van der Waals surface area contributed by atoms with Crippen LogP contribution in [0.3, 0.4) is 0 Å². The van der Waals surface area contributed by atoms with Gasteiger partial charge >= 0.3 is 0 Å². The van der Waals surface area contributed by atoms with Gasteiger partial charge < -0.3 is 9.84 Å². The average molecular weight is 347 g/mol. The number of nitrogens with one attached hydrogen (secondary N) is 1. The van der Waals surface area contributed by atoms with E-state index in [0.29, 0.717) is 23.0 Å². The first kappa shape index (κ1) is 18.5. The predicted octanol–water partition coefficient (Wildman–Crippen LogP) is 4.37. The molecule has 0 saturated carbocycles. The van der Waals surface area contributed by atoms with Gasteiger partial charge in [0.2, 0.25) is 5.89 Å². The quantitative estimate of drug-likeness (QED) is 0.539. The average Bonchev–Trinajstić information content (AvgIpc) is 2.99. The molecule has 1 N–H and O–H groups in total. The summed E-state index contributed by atoms with van der Waals surface area (Å²) >= 11 is 1.53. The van der Waals surface area contributed by atoms with E-state index in [1.165, 1.54) is 24.6 Å². The fraction of sp³-hybridized carbons (Fsp3) is 0.500. The Morgan fingerprint density at radius 1 is 1.33 bits per heavy atom. The topological polar surface area (TPSA) is 68.0 Å². The summed E-state index contributed by atoms with van der Waals surface area (Å²) < 4.78 is 5.12. The smallest absolute Gasteiger partial charge is 0.252 e. The molecule has 0 bridgehead atoms. The number of rotatable bonds is 9. The monoisotopic (exact) mass is 347 g/mol. The Labute approximate surface area is 147 Å². The van der Waals surface area contributed by atoms with E-state index in [1.54, 1.807) is 6.92 Å². The SMILES string of the molecule is CCCCCC(C)NC(=O)c1ccccc1SCc1nc(C)no1. The Balaban J connectivity index is 1.95. The number of benzene rings is 1. The third kappa shape index (κ3) is 5.67. The van der Waals surface area contributed by atoms with Gasteiger partial charge in [-0.15, -0.1) is 11.8 Å². The highest BCUT2D eigenvalue weighted by Gasteiger charge is 2.14. The van der Waals surface area contributed by atoms with Gasteiger partial charge in [0.05, 0.1) is 11.3 Å². The summed E-state index contributed by atoms with van der Waals surface area (Å²) in [4.78, 5) is 17.7. The molecule has 0 spiro atoms. The highest BCUT2D eigenvalue weighted by molar-refractivity contribution is 7.98. The molecule has 0 radical (unpaired) electrons. The molecule has 1 heterocycles. The molecule has 1 aromatic carbocycles. The van der Waals surface area contributed by atoms with Crippen LogP contribution >= 0.6 is 11.8 Å². The molecule has 1 amide bonds. The lowest BCUT2D eigenvalue weighted by molar-refractivity contribution is 0.0935. The minimum atomic E-state index is -0.0243. The van der Waals surface area contributed by atoms with Crippen molar-refractivity contribution in [3.8, 4) is 0 Å². The second kappa shape index (κ2) is 9.47. The number of hydrogen-bond acceptors (Lipinski definition) is 5. The number of carbonyl (C=O) groups excluding carboxylic acids is 1. The van der Waals surface area contributed by atoms with Crippen molar-refractivity contribution in [2.75, 3.05) is 0 Å². The number of unbranched alkanes of at least 4 members (excludes halogenated alkanes) is 2. The van der Waals surface area contributed by atoms with Gasteiger partial charge in [-0.3, -0.25) is 4.79 Å². The maximum atomic E-state index is 12.5. The lowest BCUT2D eigenvalue weighted by atomic mass is 10.1. The van der Waals surface area contributed by atoms with Crippen LogP contribution in [0.25, 0.3) is 0 Å². The van der Waals surface area contributed by atoms with Crippen LogP contribution in [-0.2, 0) is 5.75 Å². The van der Waals surface area contributed by atoms with Gasteiger partial charge in [-0.1, -0.05) is 43.5 Å². The van der Waals surface area contributed by atoms with Crippen molar-refractivity contribution < 1.29 is 9.32 Å². The highest BCUT2D eigenvalue weighted by atomic mass is 32.2. The normalized spacial score (nSPS) is 12.1. The van der Waals surface area contributed by atoms with Crippen molar-refractivity contribution >= 4 is 17.7 Å². The van der Waals surface area contributed by atoms with Crippen molar-refractivity contribution in [3.63, 3.8) is 0 Å². The first-order chi connectivity index (χ1) is 11.6. The maximum absolute atomic E-state index is 12.5. The molecule has 24 heavy (non-hydrogen) atoms. The molecule has 2 aromatic rings. The van der Waals surface area contributed by atoms with Gasteiger partial charge in [0.1, 0.15) is 0 Å². The van der Waals surface area contributed by atoms with Crippen LogP contribution in [0.5, 0.6) is 0 Å². The number of aromatic nitrogens is 2. The molecule has 0 aliphatic rings. The number of hydrogen-bond donors (Lipinski definition) is 1. The summed E-state index contributed by atoms with van der Waals surface area (Å²) in [5.41, 5.74) is 0.695. The molecular weight excluding hydrogens is 322 g/mol. The summed E-state index contributed by atoms with van der Waals surface area (Å²) in [5.74, 6) is 1.72. The van der Waals surface area contributed by atoms with Gasteiger partial charge in [-0.2, -0.15) is 4.98 Å². The van der Waals surface area contributed by atoms with Crippen LogP contribution in [0.4, 0.5) is 0 Å². The Morgan fingerprint density at radius 2 is 2.12 bits per heavy atom. The van der Waals surface area contributed by atoms with Crippen LogP contribution < -0.4 is 5.32 Å². The minimum absolute atomic E-state index is 0.0243. The van der Waals surface area contributed by atoms with Crippen LogP contribution in [0, 0.1) is 6.92 Å². The number of aryl methyl sites for hydroxylation is 1. The number of thioether (sulfide) groups is 1. The second-order valence-electron chi connectivity index (χ2n) is 5.89.